The average Bonchev–Trinajstić information content (AvgIpc) is 3.23. The molecular formula is C21H27ClN4OS. The first-order chi connectivity index (χ1) is 13.5. The lowest BCUT2D eigenvalue weighted by atomic mass is 9.93. The molecule has 0 spiro atoms. The van der Waals surface area contributed by atoms with Gasteiger partial charge in [0.1, 0.15) is 5.65 Å². The summed E-state index contributed by atoms with van der Waals surface area (Å²) in [7, 11) is 2.08. The van der Waals surface area contributed by atoms with E-state index < -0.39 is 0 Å². The van der Waals surface area contributed by atoms with E-state index in [0.717, 1.165) is 66.1 Å². The van der Waals surface area contributed by atoms with Gasteiger partial charge in [-0.3, -0.25) is 0 Å². The summed E-state index contributed by atoms with van der Waals surface area (Å²) in [5, 5.41) is 2.75. The van der Waals surface area contributed by atoms with Crippen molar-refractivity contribution < 1.29 is 4.74 Å². The standard InChI is InChI=1S/C21H27ClN4OS/c1-5-14(6-2)16-12-25(4)20-15(16)11-13(3)17(23-20)18-19(22)24-21(28-18)26-7-9-27-10-8-26/h11-12,14H,5-10H2,1-4H3. The van der Waals surface area contributed by atoms with Gasteiger partial charge in [-0.15, -0.1) is 0 Å². The summed E-state index contributed by atoms with van der Waals surface area (Å²) >= 11 is 8.18. The van der Waals surface area contributed by atoms with Gasteiger partial charge in [-0.25, -0.2) is 9.97 Å². The number of hydrogen-bond donors (Lipinski definition) is 0. The first-order valence-electron chi connectivity index (χ1n) is 9.99. The molecule has 4 rings (SSSR count). The number of pyridine rings is 1. The van der Waals surface area contributed by atoms with Crippen molar-refractivity contribution in [2.24, 2.45) is 7.05 Å². The van der Waals surface area contributed by atoms with E-state index in [1.54, 1.807) is 11.3 Å². The fourth-order valence-corrected chi connectivity index (χ4v) is 5.43. The Morgan fingerprint density at radius 2 is 1.93 bits per heavy atom. The van der Waals surface area contributed by atoms with Gasteiger partial charge in [0.15, 0.2) is 10.3 Å². The molecule has 3 aromatic heterocycles. The normalized spacial score (nSPS) is 15.1. The maximum atomic E-state index is 6.56. The SMILES string of the molecule is CCC(CC)c1cn(C)c2nc(-c3sc(N4CCOCC4)nc3Cl)c(C)cc12. The quantitative estimate of drug-likeness (QED) is 0.556. The van der Waals surface area contributed by atoms with Crippen molar-refractivity contribution in [2.75, 3.05) is 31.2 Å². The van der Waals surface area contributed by atoms with Crippen LogP contribution in [0.15, 0.2) is 12.3 Å². The molecule has 0 N–H and O–H groups in total. The second-order valence-electron chi connectivity index (χ2n) is 7.45. The molecular weight excluding hydrogens is 392 g/mol. The van der Waals surface area contributed by atoms with E-state index >= 15 is 0 Å². The Morgan fingerprint density at radius 1 is 1.21 bits per heavy atom. The number of morpholine rings is 1. The average molecular weight is 419 g/mol. The first-order valence-corrected chi connectivity index (χ1v) is 11.2. The predicted octanol–water partition coefficient (Wildman–Crippen LogP) is 5.40. The monoisotopic (exact) mass is 418 g/mol. The summed E-state index contributed by atoms with van der Waals surface area (Å²) < 4.78 is 7.59. The van der Waals surface area contributed by atoms with E-state index in [-0.39, 0.29) is 0 Å². The van der Waals surface area contributed by atoms with Crippen LogP contribution < -0.4 is 4.90 Å². The van der Waals surface area contributed by atoms with E-state index in [2.05, 4.69) is 54.5 Å². The number of rotatable bonds is 5. The third-order valence-corrected chi connectivity index (χ3v) is 7.18. The second kappa shape index (κ2) is 8.01. The van der Waals surface area contributed by atoms with Crippen LogP contribution in [0.25, 0.3) is 21.6 Å². The predicted molar refractivity (Wildman–Crippen MR) is 118 cm³/mol. The van der Waals surface area contributed by atoms with E-state index in [4.69, 9.17) is 21.3 Å². The minimum absolute atomic E-state index is 0.538. The van der Waals surface area contributed by atoms with Gasteiger partial charge in [-0.05, 0) is 42.9 Å². The van der Waals surface area contributed by atoms with Crippen molar-refractivity contribution in [1.29, 1.82) is 0 Å². The van der Waals surface area contributed by atoms with Gasteiger partial charge in [0.25, 0.3) is 0 Å². The van der Waals surface area contributed by atoms with Crippen molar-refractivity contribution in [3.05, 3.63) is 28.5 Å². The van der Waals surface area contributed by atoms with Crippen LogP contribution in [0.5, 0.6) is 0 Å². The van der Waals surface area contributed by atoms with Gasteiger partial charge in [0.2, 0.25) is 0 Å². The molecule has 0 unspecified atom stereocenters. The van der Waals surface area contributed by atoms with Gasteiger partial charge in [-0.2, -0.15) is 0 Å². The number of nitrogens with zero attached hydrogens (tertiary/aromatic N) is 4. The minimum atomic E-state index is 0.538. The molecule has 7 heteroatoms. The zero-order chi connectivity index (χ0) is 19.8. The Labute approximate surface area is 175 Å². The van der Waals surface area contributed by atoms with Crippen LogP contribution in [0, 0.1) is 6.92 Å². The van der Waals surface area contributed by atoms with Crippen molar-refractivity contribution in [3.63, 3.8) is 0 Å². The fraction of sp³-hybridized carbons (Fsp3) is 0.524. The molecule has 0 amide bonds. The summed E-state index contributed by atoms with van der Waals surface area (Å²) in [5.74, 6) is 0.565. The van der Waals surface area contributed by atoms with Crippen LogP contribution in [0.4, 0.5) is 5.13 Å². The van der Waals surface area contributed by atoms with Crippen LogP contribution in [-0.2, 0) is 11.8 Å². The van der Waals surface area contributed by atoms with Gasteiger partial charge in [0.05, 0.1) is 23.8 Å². The maximum Gasteiger partial charge on any atom is 0.187 e. The van der Waals surface area contributed by atoms with Crippen molar-refractivity contribution in [3.8, 4) is 10.6 Å². The Morgan fingerprint density at radius 3 is 2.61 bits per heavy atom. The Hall–Kier alpha value is -1.63. The lowest BCUT2D eigenvalue weighted by Crippen LogP contribution is -2.36. The van der Waals surface area contributed by atoms with Gasteiger partial charge in [0, 0.05) is 31.7 Å². The molecule has 5 nitrogen and oxygen atoms in total. The summed E-state index contributed by atoms with van der Waals surface area (Å²) in [6.45, 7) is 9.81. The molecule has 0 saturated carbocycles. The number of aromatic nitrogens is 3. The molecule has 0 aromatic carbocycles. The van der Waals surface area contributed by atoms with E-state index in [1.165, 1.54) is 10.9 Å². The molecule has 4 heterocycles. The molecule has 1 aliphatic rings. The van der Waals surface area contributed by atoms with E-state index in [9.17, 15) is 0 Å². The molecule has 1 fully saturated rings. The molecule has 150 valence electrons. The summed E-state index contributed by atoms with van der Waals surface area (Å²) in [5.41, 5.74) is 4.49. The lowest BCUT2D eigenvalue weighted by molar-refractivity contribution is 0.122. The number of thiazole rings is 1. The number of ether oxygens (including phenoxy) is 1. The van der Waals surface area contributed by atoms with Crippen molar-refractivity contribution >= 4 is 39.1 Å². The first kappa shape index (κ1) is 19.7. The number of fused-ring (bicyclic) bond motifs is 1. The molecule has 0 aliphatic carbocycles. The van der Waals surface area contributed by atoms with Crippen LogP contribution in [-0.4, -0.2) is 40.8 Å². The highest BCUT2D eigenvalue weighted by Crippen LogP contribution is 2.40. The second-order valence-corrected chi connectivity index (χ2v) is 8.79. The zero-order valence-corrected chi connectivity index (χ0v) is 18.5. The van der Waals surface area contributed by atoms with Gasteiger partial charge >= 0.3 is 0 Å². The van der Waals surface area contributed by atoms with Crippen LogP contribution in [0.2, 0.25) is 5.15 Å². The molecule has 28 heavy (non-hydrogen) atoms. The van der Waals surface area contributed by atoms with Crippen molar-refractivity contribution in [2.45, 2.75) is 39.5 Å². The third kappa shape index (κ3) is 3.42. The largest absolute Gasteiger partial charge is 0.378 e. The molecule has 0 radical (unpaired) electrons. The molecule has 1 saturated heterocycles. The molecule has 1 aliphatic heterocycles. The van der Waals surface area contributed by atoms with Gasteiger partial charge in [-0.1, -0.05) is 36.8 Å². The summed E-state index contributed by atoms with van der Waals surface area (Å²) in [6, 6.07) is 2.27. The Bertz CT molecular complexity index is 986. The maximum absolute atomic E-state index is 6.56. The van der Waals surface area contributed by atoms with Crippen molar-refractivity contribution in [1.82, 2.24) is 14.5 Å². The van der Waals surface area contributed by atoms with Crippen LogP contribution >= 0.6 is 22.9 Å². The molecule has 3 aromatic rings. The van der Waals surface area contributed by atoms with E-state index in [1.807, 2.05) is 0 Å². The number of hydrogen-bond acceptors (Lipinski definition) is 5. The summed E-state index contributed by atoms with van der Waals surface area (Å²) in [4.78, 5) is 12.9. The summed E-state index contributed by atoms with van der Waals surface area (Å²) in [6.07, 6.45) is 4.52. The molecule has 0 bridgehead atoms. The minimum Gasteiger partial charge on any atom is -0.378 e. The topological polar surface area (TPSA) is 43.2 Å². The molecule has 0 atom stereocenters. The Kier molecular flexibility index (Phi) is 5.63. The van der Waals surface area contributed by atoms with Crippen LogP contribution in [0.3, 0.4) is 0 Å². The van der Waals surface area contributed by atoms with Gasteiger partial charge < -0.3 is 14.2 Å². The highest BCUT2D eigenvalue weighted by molar-refractivity contribution is 7.19. The zero-order valence-electron chi connectivity index (χ0n) is 17.0. The smallest absolute Gasteiger partial charge is 0.187 e. The fourth-order valence-electron chi connectivity index (χ4n) is 4.03. The number of halogens is 1. The highest BCUT2D eigenvalue weighted by atomic mass is 35.5. The number of aryl methyl sites for hydroxylation is 2. The number of anilines is 1. The lowest BCUT2D eigenvalue weighted by Gasteiger charge is -2.25. The van der Waals surface area contributed by atoms with E-state index in [0.29, 0.717) is 11.1 Å². The highest BCUT2D eigenvalue weighted by Gasteiger charge is 2.22. The van der Waals surface area contributed by atoms with Crippen LogP contribution in [0.1, 0.15) is 43.7 Å². The Balaban J connectivity index is 1.78. The third-order valence-electron chi connectivity index (χ3n) is 5.67.